The average Bonchev–Trinajstić information content (AvgIpc) is 2.61. The number of halogens is 2. The van der Waals surface area contributed by atoms with Gasteiger partial charge in [-0.1, -0.05) is 12.1 Å². The van der Waals surface area contributed by atoms with Gasteiger partial charge >= 0.3 is 5.97 Å². The first kappa shape index (κ1) is 18.4. The van der Waals surface area contributed by atoms with Crippen LogP contribution in [0.2, 0.25) is 0 Å². The van der Waals surface area contributed by atoms with Crippen molar-refractivity contribution in [1.29, 1.82) is 0 Å². The summed E-state index contributed by atoms with van der Waals surface area (Å²) in [5.74, 6) is -4.57. The van der Waals surface area contributed by atoms with Crippen molar-refractivity contribution in [2.45, 2.75) is 4.90 Å². The molecule has 3 rings (SSSR count). The van der Waals surface area contributed by atoms with Crippen molar-refractivity contribution in [3.05, 3.63) is 72.3 Å². The van der Waals surface area contributed by atoms with E-state index in [0.29, 0.717) is 23.3 Å². The number of benzene rings is 2. The number of rotatable bonds is 5. The van der Waals surface area contributed by atoms with Crippen LogP contribution < -0.4 is 4.72 Å². The van der Waals surface area contributed by atoms with E-state index in [2.05, 4.69) is 9.97 Å². The third-order valence-corrected chi connectivity index (χ3v) is 4.96. The van der Waals surface area contributed by atoms with Crippen LogP contribution in [0.5, 0.6) is 0 Å². The van der Waals surface area contributed by atoms with Gasteiger partial charge in [-0.05, 0) is 29.8 Å². The van der Waals surface area contributed by atoms with Crippen molar-refractivity contribution in [2.24, 2.45) is 0 Å². The van der Waals surface area contributed by atoms with Crippen LogP contribution in [0.4, 0.5) is 14.5 Å². The predicted molar refractivity (Wildman–Crippen MR) is 91.6 cm³/mol. The minimum Gasteiger partial charge on any atom is -0.477 e. The van der Waals surface area contributed by atoms with E-state index >= 15 is 0 Å². The minimum absolute atomic E-state index is 0.147. The Labute approximate surface area is 152 Å². The fourth-order valence-electron chi connectivity index (χ4n) is 2.33. The molecular formula is C17H11F2N3O4S. The summed E-state index contributed by atoms with van der Waals surface area (Å²) < 4.78 is 54.2. The molecule has 0 fully saturated rings. The van der Waals surface area contributed by atoms with Crippen LogP contribution in [0.25, 0.3) is 11.1 Å². The Morgan fingerprint density at radius 3 is 2.04 bits per heavy atom. The molecule has 0 bridgehead atoms. The topological polar surface area (TPSA) is 109 Å². The molecule has 1 heterocycles. The highest BCUT2D eigenvalue weighted by Crippen LogP contribution is 2.24. The molecule has 0 saturated heterocycles. The highest BCUT2D eigenvalue weighted by molar-refractivity contribution is 7.92. The van der Waals surface area contributed by atoms with Gasteiger partial charge in [-0.3, -0.25) is 4.72 Å². The Morgan fingerprint density at radius 1 is 0.963 bits per heavy atom. The fourth-order valence-corrected chi connectivity index (χ4v) is 3.37. The zero-order chi connectivity index (χ0) is 19.6. The van der Waals surface area contributed by atoms with E-state index in [9.17, 15) is 22.0 Å². The van der Waals surface area contributed by atoms with Crippen LogP contribution in [-0.2, 0) is 10.0 Å². The number of nitrogens with zero attached hydrogens (tertiary/aromatic N) is 2. The van der Waals surface area contributed by atoms with E-state index in [1.54, 1.807) is 12.4 Å². The van der Waals surface area contributed by atoms with Crippen LogP contribution in [0.15, 0.2) is 60.0 Å². The third kappa shape index (κ3) is 3.90. The quantitative estimate of drug-likeness (QED) is 0.692. The Hall–Kier alpha value is -3.40. The van der Waals surface area contributed by atoms with Crippen LogP contribution >= 0.6 is 0 Å². The first-order valence-electron chi connectivity index (χ1n) is 7.38. The van der Waals surface area contributed by atoms with Crippen molar-refractivity contribution in [3.63, 3.8) is 0 Å². The largest absolute Gasteiger partial charge is 0.477 e. The second-order valence-corrected chi connectivity index (χ2v) is 7.06. The van der Waals surface area contributed by atoms with Gasteiger partial charge in [0.25, 0.3) is 10.0 Å². The number of carboxylic acid groups (broad SMARTS) is 1. The molecule has 0 radical (unpaired) electrons. The lowest BCUT2D eigenvalue weighted by Gasteiger charge is -2.10. The SMILES string of the molecule is O=C(O)c1c(F)cc(NS(=O)(=O)c2ccc(-c3cncnc3)cc2)cc1F. The number of carbonyl (C=O) groups is 1. The average molecular weight is 391 g/mol. The molecule has 2 aromatic carbocycles. The summed E-state index contributed by atoms with van der Waals surface area (Å²) in [5.41, 5.74) is -0.233. The first-order chi connectivity index (χ1) is 12.8. The molecule has 27 heavy (non-hydrogen) atoms. The van der Waals surface area contributed by atoms with Crippen molar-refractivity contribution in [2.75, 3.05) is 4.72 Å². The zero-order valence-corrected chi connectivity index (χ0v) is 14.2. The van der Waals surface area contributed by atoms with Crippen LogP contribution in [0, 0.1) is 11.6 Å². The van der Waals surface area contributed by atoms with Gasteiger partial charge in [0.2, 0.25) is 0 Å². The van der Waals surface area contributed by atoms with Crippen LogP contribution in [0.1, 0.15) is 10.4 Å². The molecule has 3 aromatic rings. The van der Waals surface area contributed by atoms with E-state index in [4.69, 9.17) is 5.11 Å². The maximum absolute atomic E-state index is 13.7. The molecule has 0 aliphatic carbocycles. The molecule has 0 atom stereocenters. The van der Waals surface area contributed by atoms with Gasteiger partial charge in [-0.25, -0.2) is 32.0 Å². The van der Waals surface area contributed by atoms with Gasteiger partial charge < -0.3 is 5.11 Å². The molecule has 0 spiro atoms. The Morgan fingerprint density at radius 2 is 1.52 bits per heavy atom. The number of aromatic nitrogens is 2. The molecule has 0 saturated carbocycles. The molecule has 0 aliphatic rings. The first-order valence-corrected chi connectivity index (χ1v) is 8.87. The number of aromatic carboxylic acids is 1. The molecule has 0 amide bonds. The molecule has 10 heteroatoms. The summed E-state index contributed by atoms with van der Waals surface area (Å²) in [6.07, 6.45) is 4.48. The maximum atomic E-state index is 13.7. The Balaban J connectivity index is 1.88. The molecule has 0 unspecified atom stereocenters. The van der Waals surface area contributed by atoms with E-state index < -0.39 is 38.9 Å². The number of hydrogen-bond donors (Lipinski definition) is 2. The van der Waals surface area contributed by atoms with Crippen LogP contribution in [0.3, 0.4) is 0 Å². The fraction of sp³-hybridized carbons (Fsp3) is 0. The van der Waals surface area contributed by atoms with E-state index in [1.165, 1.54) is 30.6 Å². The Kier molecular flexibility index (Phi) is 4.82. The monoisotopic (exact) mass is 391 g/mol. The number of nitrogens with one attached hydrogen (secondary N) is 1. The van der Waals surface area contributed by atoms with E-state index in [1.807, 2.05) is 4.72 Å². The van der Waals surface area contributed by atoms with Crippen molar-refractivity contribution < 1.29 is 27.1 Å². The standard InChI is InChI=1S/C17H11F2N3O4S/c18-14-5-12(6-15(19)16(14)17(23)24)22-27(25,26)13-3-1-10(2-4-13)11-7-20-9-21-8-11/h1-9,22H,(H,23,24). The normalized spacial score (nSPS) is 11.2. The second kappa shape index (κ2) is 7.08. The van der Waals surface area contributed by atoms with Crippen molar-refractivity contribution in [1.82, 2.24) is 9.97 Å². The molecule has 1 aromatic heterocycles. The van der Waals surface area contributed by atoms with Crippen molar-refractivity contribution in [3.8, 4) is 11.1 Å². The van der Waals surface area contributed by atoms with Gasteiger partial charge in [0, 0.05) is 18.0 Å². The molecule has 138 valence electrons. The predicted octanol–water partition coefficient (Wildman–Crippen LogP) is 2.92. The van der Waals surface area contributed by atoms with Gasteiger partial charge in [0.1, 0.15) is 23.5 Å². The zero-order valence-electron chi connectivity index (χ0n) is 13.4. The Bertz CT molecular complexity index is 1080. The smallest absolute Gasteiger partial charge is 0.341 e. The summed E-state index contributed by atoms with van der Waals surface area (Å²) in [6, 6.07) is 6.87. The lowest BCUT2D eigenvalue weighted by Crippen LogP contribution is -2.14. The number of sulfonamides is 1. The molecule has 2 N–H and O–H groups in total. The summed E-state index contributed by atoms with van der Waals surface area (Å²) in [7, 11) is -4.14. The second-order valence-electron chi connectivity index (χ2n) is 5.38. The highest BCUT2D eigenvalue weighted by atomic mass is 32.2. The highest BCUT2D eigenvalue weighted by Gasteiger charge is 2.20. The molecule has 7 nitrogen and oxygen atoms in total. The van der Waals surface area contributed by atoms with Gasteiger partial charge in [-0.2, -0.15) is 0 Å². The van der Waals surface area contributed by atoms with Crippen molar-refractivity contribution >= 4 is 21.7 Å². The molecular weight excluding hydrogens is 380 g/mol. The lowest BCUT2D eigenvalue weighted by molar-refractivity contribution is 0.0686. The number of hydrogen-bond acceptors (Lipinski definition) is 5. The van der Waals surface area contributed by atoms with Crippen LogP contribution in [-0.4, -0.2) is 29.5 Å². The van der Waals surface area contributed by atoms with Gasteiger partial charge in [0.15, 0.2) is 0 Å². The maximum Gasteiger partial charge on any atom is 0.341 e. The number of carboxylic acids is 1. The van der Waals surface area contributed by atoms with E-state index in [-0.39, 0.29) is 4.90 Å². The van der Waals surface area contributed by atoms with Gasteiger partial charge in [-0.15, -0.1) is 0 Å². The summed E-state index contributed by atoms with van der Waals surface area (Å²) in [6.45, 7) is 0. The minimum atomic E-state index is -4.14. The van der Waals surface area contributed by atoms with E-state index in [0.717, 1.165) is 0 Å². The summed E-state index contributed by atoms with van der Waals surface area (Å²) in [5, 5.41) is 8.74. The van der Waals surface area contributed by atoms with Gasteiger partial charge in [0.05, 0.1) is 10.6 Å². The third-order valence-electron chi connectivity index (χ3n) is 3.57. The lowest BCUT2D eigenvalue weighted by atomic mass is 10.1. The number of anilines is 1. The molecule has 0 aliphatic heterocycles. The summed E-state index contributed by atoms with van der Waals surface area (Å²) >= 11 is 0. The summed E-state index contributed by atoms with van der Waals surface area (Å²) in [4.78, 5) is 18.4.